The van der Waals surface area contributed by atoms with Crippen LogP contribution in [0.15, 0.2) is 30.3 Å². The van der Waals surface area contributed by atoms with Gasteiger partial charge in [-0.15, -0.1) is 0 Å². The lowest BCUT2D eigenvalue weighted by Crippen LogP contribution is -2.61. The second kappa shape index (κ2) is 12.9. The molecule has 0 saturated carbocycles. The van der Waals surface area contributed by atoms with Crippen molar-refractivity contribution in [3.8, 4) is 0 Å². The lowest BCUT2D eigenvalue weighted by Gasteiger charge is -2.53. The Kier molecular flexibility index (Phi) is 10.6. The lowest BCUT2D eigenvalue weighted by molar-refractivity contribution is -0.320. The van der Waals surface area contributed by atoms with E-state index in [2.05, 4.69) is 10.6 Å². The number of alkyl carbamates (subject to hydrolysis) is 1. The van der Waals surface area contributed by atoms with Crippen molar-refractivity contribution in [2.45, 2.75) is 89.5 Å². The first-order valence-corrected chi connectivity index (χ1v) is 12.1. The van der Waals surface area contributed by atoms with Crippen molar-refractivity contribution < 1.29 is 29.4 Å². The fraction of sp³-hybridized carbons (Fsp3) is 0.680. The molecule has 1 aliphatic heterocycles. The number of hydrogen-bond acceptors (Lipinski definition) is 6. The van der Waals surface area contributed by atoms with Crippen LogP contribution in [-0.4, -0.2) is 64.3 Å². The zero-order valence-electron chi connectivity index (χ0n) is 20.9. The van der Waals surface area contributed by atoms with Gasteiger partial charge in [-0.25, -0.2) is 9.59 Å². The number of aliphatic hydroxyl groups is 1. The number of amides is 2. The average molecular weight is 480 g/mol. The molecule has 0 aromatic heterocycles. The Balaban J connectivity index is 1.86. The van der Waals surface area contributed by atoms with E-state index in [4.69, 9.17) is 14.7 Å². The predicted molar refractivity (Wildman–Crippen MR) is 129 cm³/mol. The zero-order valence-corrected chi connectivity index (χ0v) is 20.9. The molecule has 1 aromatic rings. The molecule has 9 nitrogen and oxygen atoms in total. The summed E-state index contributed by atoms with van der Waals surface area (Å²) in [5.74, 6) is 0. The number of benzene rings is 1. The number of piperidine rings is 1. The molecule has 1 heterocycles. The fourth-order valence-corrected chi connectivity index (χ4v) is 4.67. The van der Waals surface area contributed by atoms with Gasteiger partial charge in [0.05, 0.1) is 6.10 Å². The summed E-state index contributed by atoms with van der Waals surface area (Å²) in [6.45, 7) is 9.17. The van der Waals surface area contributed by atoms with Crippen LogP contribution in [0, 0.1) is 0 Å². The van der Waals surface area contributed by atoms with Gasteiger partial charge in [-0.3, -0.25) is 4.84 Å². The van der Waals surface area contributed by atoms with Crippen molar-refractivity contribution in [1.29, 1.82) is 0 Å². The third-order valence-corrected chi connectivity index (χ3v) is 5.99. The third-order valence-electron chi connectivity index (χ3n) is 5.99. The van der Waals surface area contributed by atoms with E-state index in [0.29, 0.717) is 25.9 Å². The number of carboxylic acid groups (broad SMARTS) is 1. The minimum atomic E-state index is -1.01. The minimum Gasteiger partial charge on any atom is -0.465 e. The summed E-state index contributed by atoms with van der Waals surface area (Å²) in [6, 6.07) is 9.67. The van der Waals surface area contributed by atoms with Gasteiger partial charge in [0.15, 0.2) is 0 Å². The summed E-state index contributed by atoms with van der Waals surface area (Å²) in [7, 11) is 0. The molecule has 1 aromatic carbocycles. The quantitative estimate of drug-likeness (QED) is 0.331. The van der Waals surface area contributed by atoms with Crippen molar-refractivity contribution in [2.24, 2.45) is 0 Å². The van der Waals surface area contributed by atoms with Gasteiger partial charge in [-0.1, -0.05) is 43.2 Å². The van der Waals surface area contributed by atoms with Gasteiger partial charge in [0.25, 0.3) is 0 Å². The summed E-state index contributed by atoms with van der Waals surface area (Å²) in [5, 5.41) is 25.9. The highest BCUT2D eigenvalue weighted by Crippen LogP contribution is 2.40. The first kappa shape index (κ1) is 27.9. The number of nitrogens with zero attached hydrogens (tertiary/aromatic N) is 1. The number of aliphatic hydroxyl groups excluding tert-OH is 1. The third kappa shape index (κ3) is 9.12. The highest BCUT2D eigenvalue weighted by molar-refractivity contribution is 5.67. The van der Waals surface area contributed by atoms with Crippen LogP contribution < -0.4 is 10.6 Å². The first-order valence-electron chi connectivity index (χ1n) is 12.1. The summed E-state index contributed by atoms with van der Waals surface area (Å²) < 4.78 is 5.50. The number of ether oxygens (including phenoxy) is 1. The number of rotatable bonds is 12. The predicted octanol–water partition coefficient (Wildman–Crippen LogP) is 4.23. The van der Waals surface area contributed by atoms with E-state index in [-0.39, 0.29) is 6.61 Å². The van der Waals surface area contributed by atoms with Crippen molar-refractivity contribution in [2.75, 3.05) is 19.7 Å². The van der Waals surface area contributed by atoms with Crippen LogP contribution in [0.25, 0.3) is 0 Å². The number of nitrogens with one attached hydrogen (secondary N) is 2. The summed E-state index contributed by atoms with van der Waals surface area (Å²) in [4.78, 5) is 29.1. The van der Waals surface area contributed by atoms with Crippen LogP contribution in [0.1, 0.15) is 77.9 Å². The van der Waals surface area contributed by atoms with E-state index in [0.717, 1.165) is 31.2 Å². The van der Waals surface area contributed by atoms with Crippen LogP contribution in [0.4, 0.5) is 9.59 Å². The molecule has 0 radical (unpaired) electrons. The van der Waals surface area contributed by atoms with Gasteiger partial charge < -0.3 is 25.6 Å². The molecule has 0 bridgehead atoms. The SMILES string of the molecule is CC1(C)CC(O)CC(C)(C)N1OC(COC(=O)NCCCCCCNC(=O)O)c1ccccc1. The topological polar surface area (TPSA) is 120 Å². The average Bonchev–Trinajstić information content (AvgIpc) is 2.74. The Labute approximate surface area is 202 Å². The molecule has 1 atom stereocenters. The summed E-state index contributed by atoms with van der Waals surface area (Å²) in [5.41, 5.74) is 0.121. The van der Waals surface area contributed by atoms with Gasteiger partial charge in [0.2, 0.25) is 0 Å². The molecule has 0 spiro atoms. The van der Waals surface area contributed by atoms with E-state index >= 15 is 0 Å². The van der Waals surface area contributed by atoms with Crippen molar-refractivity contribution >= 4 is 12.2 Å². The van der Waals surface area contributed by atoms with E-state index in [1.165, 1.54) is 0 Å². The second-order valence-electron chi connectivity index (χ2n) is 10.2. The van der Waals surface area contributed by atoms with Crippen molar-refractivity contribution in [3.63, 3.8) is 0 Å². The second-order valence-corrected chi connectivity index (χ2v) is 10.2. The molecule has 2 amide bonds. The maximum atomic E-state index is 12.3. The standard InChI is InChI=1S/C25H41N3O6/c1-24(2)16-20(29)17-25(3,4)28(24)34-21(19-12-8-7-9-13-19)18-33-23(32)27-15-11-6-5-10-14-26-22(30)31/h7-9,12-13,20-21,26,29H,5-6,10-11,14-18H2,1-4H3,(H,27,32)(H,30,31). The maximum absolute atomic E-state index is 12.3. The highest BCUT2D eigenvalue weighted by atomic mass is 16.7. The molecule has 192 valence electrons. The van der Waals surface area contributed by atoms with Crippen LogP contribution in [0.3, 0.4) is 0 Å². The molecule has 1 fully saturated rings. The van der Waals surface area contributed by atoms with E-state index in [1.807, 2.05) is 63.1 Å². The van der Waals surface area contributed by atoms with E-state index in [1.54, 1.807) is 0 Å². The number of hydroxylamine groups is 2. The number of carbonyl (C=O) groups excluding carboxylic acids is 1. The zero-order chi connectivity index (χ0) is 25.2. The van der Waals surface area contributed by atoms with Crippen LogP contribution in [0.5, 0.6) is 0 Å². The van der Waals surface area contributed by atoms with Crippen LogP contribution >= 0.6 is 0 Å². The molecule has 2 rings (SSSR count). The van der Waals surface area contributed by atoms with Gasteiger partial charge in [0.1, 0.15) is 12.7 Å². The number of hydrogen-bond donors (Lipinski definition) is 4. The molecule has 0 aliphatic carbocycles. The normalized spacial score (nSPS) is 18.7. The fourth-order valence-electron chi connectivity index (χ4n) is 4.67. The Morgan fingerprint density at radius 2 is 1.56 bits per heavy atom. The molecule has 9 heteroatoms. The molecular formula is C25H41N3O6. The summed E-state index contributed by atoms with van der Waals surface area (Å²) >= 11 is 0. The molecule has 1 unspecified atom stereocenters. The molecule has 1 saturated heterocycles. The molecule has 4 N–H and O–H groups in total. The van der Waals surface area contributed by atoms with Gasteiger partial charge in [-0.2, -0.15) is 5.06 Å². The number of unbranched alkanes of at least 4 members (excludes halogenated alkanes) is 3. The summed E-state index contributed by atoms with van der Waals surface area (Å²) in [6.07, 6.45) is 2.14. The Morgan fingerprint density at radius 1 is 1.00 bits per heavy atom. The molecule has 1 aliphatic rings. The molecular weight excluding hydrogens is 438 g/mol. The monoisotopic (exact) mass is 479 g/mol. The molecule has 34 heavy (non-hydrogen) atoms. The maximum Gasteiger partial charge on any atom is 0.407 e. The van der Waals surface area contributed by atoms with Crippen LogP contribution in [-0.2, 0) is 9.57 Å². The first-order chi connectivity index (χ1) is 16.0. The van der Waals surface area contributed by atoms with E-state index < -0.39 is 35.5 Å². The largest absolute Gasteiger partial charge is 0.465 e. The van der Waals surface area contributed by atoms with Crippen molar-refractivity contribution in [1.82, 2.24) is 15.7 Å². The van der Waals surface area contributed by atoms with Crippen molar-refractivity contribution in [3.05, 3.63) is 35.9 Å². The van der Waals surface area contributed by atoms with Gasteiger partial charge in [0, 0.05) is 24.2 Å². The van der Waals surface area contributed by atoms with Gasteiger partial charge >= 0.3 is 12.2 Å². The smallest absolute Gasteiger partial charge is 0.407 e. The lowest BCUT2D eigenvalue weighted by atomic mass is 9.80. The Hall–Kier alpha value is -2.36. The minimum absolute atomic E-state index is 0.0575. The highest BCUT2D eigenvalue weighted by Gasteiger charge is 2.47. The van der Waals surface area contributed by atoms with Gasteiger partial charge in [-0.05, 0) is 58.9 Å². The number of carbonyl (C=O) groups is 2. The Bertz CT molecular complexity index is 753. The Morgan fingerprint density at radius 3 is 2.12 bits per heavy atom. The van der Waals surface area contributed by atoms with E-state index in [9.17, 15) is 14.7 Å². The van der Waals surface area contributed by atoms with Crippen LogP contribution in [0.2, 0.25) is 0 Å².